The van der Waals surface area contributed by atoms with Crippen molar-refractivity contribution in [3.05, 3.63) is 29.8 Å². The SMILES string of the molecule is CC(C)(C)COc1ccccc1C(F)(F)F. The Labute approximate surface area is 93.2 Å². The molecule has 0 bridgehead atoms. The van der Waals surface area contributed by atoms with E-state index in [2.05, 4.69) is 0 Å². The maximum Gasteiger partial charge on any atom is 0.419 e. The fraction of sp³-hybridized carbons (Fsp3) is 0.500. The minimum absolute atomic E-state index is 0.107. The number of hydrogen-bond donors (Lipinski definition) is 0. The Hall–Kier alpha value is -1.19. The standard InChI is InChI=1S/C12H15F3O/c1-11(2,3)8-16-10-7-5-4-6-9(10)12(13,14)15/h4-7H,8H2,1-3H3. The quantitative estimate of drug-likeness (QED) is 0.745. The van der Waals surface area contributed by atoms with E-state index in [0.717, 1.165) is 6.07 Å². The molecule has 1 nitrogen and oxygen atoms in total. The van der Waals surface area contributed by atoms with Crippen LogP contribution in [0, 0.1) is 5.41 Å². The van der Waals surface area contributed by atoms with Crippen LogP contribution in [0.15, 0.2) is 24.3 Å². The van der Waals surface area contributed by atoms with E-state index in [0.29, 0.717) is 0 Å². The summed E-state index contributed by atoms with van der Waals surface area (Å²) in [6.07, 6.45) is -4.37. The van der Waals surface area contributed by atoms with E-state index in [1.54, 1.807) is 0 Å². The van der Waals surface area contributed by atoms with Gasteiger partial charge in [0.05, 0.1) is 12.2 Å². The first-order chi connectivity index (χ1) is 7.20. The van der Waals surface area contributed by atoms with Crippen molar-refractivity contribution >= 4 is 0 Å². The van der Waals surface area contributed by atoms with E-state index in [1.807, 2.05) is 20.8 Å². The van der Waals surface area contributed by atoms with Crippen LogP contribution in [0.3, 0.4) is 0 Å². The molecule has 4 heteroatoms. The van der Waals surface area contributed by atoms with Gasteiger partial charge in [0.1, 0.15) is 5.75 Å². The Bertz CT molecular complexity index is 350. The summed E-state index contributed by atoms with van der Waals surface area (Å²) in [5.41, 5.74) is -0.891. The second kappa shape index (κ2) is 4.36. The van der Waals surface area contributed by atoms with Crippen molar-refractivity contribution < 1.29 is 17.9 Å². The largest absolute Gasteiger partial charge is 0.492 e. The predicted molar refractivity (Wildman–Crippen MR) is 56.4 cm³/mol. The van der Waals surface area contributed by atoms with Crippen LogP contribution in [0.2, 0.25) is 0 Å². The fourth-order valence-electron chi connectivity index (χ4n) is 1.12. The summed E-state index contributed by atoms with van der Waals surface area (Å²) < 4.78 is 43.0. The van der Waals surface area contributed by atoms with Gasteiger partial charge >= 0.3 is 6.18 Å². The summed E-state index contributed by atoms with van der Waals surface area (Å²) in [7, 11) is 0. The molecule has 0 amide bonds. The second-order valence-corrected chi connectivity index (χ2v) is 4.84. The number of benzene rings is 1. The third-order valence-electron chi connectivity index (χ3n) is 1.85. The number of halogens is 3. The molecule has 0 aliphatic rings. The van der Waals surface area contributed by atoms with E-state index in [4.69, 9.17) is 4.74 Å². The normalized spacial score (nSPS) is 12.6. The topological polar surface area (TPSA) is 9.23 Å². The molecule has 90 valence electrons. The molecule has 0 N–H and O–H groups in total. The van der Waals surface area contributed by atoms with Gasteiger partial charge in [0.2, 0.25) is 0 Å². The van der Waals surface area contributed by atoms with E-state index in [9.17, 15) is 13.2 Å². The summed E-state index contributed by atoms with van der Waals surface area (Å²) in [6, 6.07) is 5.26. The monoisotopic (exact) mass is 232 g/mol. The van der Waals surface area contributed by atoms with Crippen LogP contribution in [-0.4, -0.2) is 6.61 Å². The second-order valence-electron chi connectivity index (χ2n) is 4.84. The highest BCUT2D eigenvalue weighted by Crippen LogP contribution is 2.36. The Balaban J connectivity index is 2.88. The lowest BCUT2D eigenvalue weighted by atomic mass is 9.98. The van der Waals surface area contributed by atoms with Gasteiger partial charge in [-0.1, -0.05) is 32.9 Å². The van der Waals surface area contributed by atoms with Crippen molar-refractivity contribution in [2.45, 2.75) is 26.9 Å². The number of hydrogen-bond acceptors (Lipinski definition) is 1. The molecule has 1 aromatic carbocycles. The number of para-hydroxylation sites is 1. The summed E-state index contributed by atoms with van der Waals surface area (Å²) in [5, 5.41) is 0. The molecule has 0 unspecified atom stereocenters. The molecule has 0 fully saturated rings. The first-order valence-electron chi connectivity index (χ1n) is 4.99. The van der Waals surface area contributed by atoms with Crippen molar-refractivity contribution in [2.75, 3.05) is 6.61 Å². The van der Waals surface area contributed by atoms with Crippen LogP contribution in [0.4, 0.5) is 13.2 Å². The summed E-state index contributed by atoms with van der Waals surface area (Å²) >= 11 is 0. The van der Waals surface area contributed by atoms with Crippen LogP contribution in [0.5, 0.6) is 5.75 Å². The molecular weight excluding hydrogens is 217 g/mol. The third-order valence-corrected chi connectivity index (χ3v) is 1.85. The minimum Gasteiger partial charge on any atom is -0.492 e. The zero-order valence-corrected chi connectivity index (χ0v) is 9.56. The Kier molecular flexibility index (Phi) is 3.51. The number of alkyl halides is 3. The molecule has 1 aromatic rings. The zero-order chi connectivity index (χ0) is 12.4. The number of rotatable bonds is 2. The van der Waals surface area contributed by atoms with E-state index in [-0.39, 0.29) is 17.8 Å². The van der Waals surface area contributed by atoms with Gasteiger partial charge in [-0.15, -0.1) is 0 Å². The Morgan fingerprint density at radius 1 is 1.06 bits per heavy atom. The van der Waals surface area contributed by atoms with Crippen LogP contribution in [-0.2, 0) is 6.18 Å². The molecule has 0 aromatic heterocycles. The van der Waals surface area contributed by atoms with Gasteiger partial charge in [-0.05, 0) is 17.5 Å². The predicted octanol–water partition coefficient (Wildman–Crippen LogP) is 4.13. The smallest absolute Gasteiger partial charge is 0.419 e. The van der Waals surface area contributed by atoms with E-state index >= 15 is 0 Å². The maximum atomic E-state index is 12.6. The average molecular weight is 232 g/mol. The lowest BCUT2D eigenvalue weighted by Gasteiger charge is -2.20. The Morgan fingerprint density at radius 2 is 1.62 bits per heavy atom. The van der Waals surface area contributed by atoms with E-state index < -0.39 is 11.7 Å². The zero-order valence-electron chi connectivity index (χ0n) is 9.56. The lowest BCUT2D eigenvalue weighted by Crippen LogP contribution is -2.18. The van der Waals surface area contributed by atoms with Crippen molar-refractivity contribution in [1.82, 2.24) is 0 Å². The van der Waals surface area contributed by atoms with Gasteiger partial charge in [-0.25, -0.2) is 0 Å². The van der Waals surface area contributed by atoms with Crippen LogP contribution >= 0.6 is 0 Å². The lowest BCUT2D eigenvalue weighted by molar-refractivity contribution is -0.139. The highest BCUT2D eigenvalue weighted by Gasteiger charge is 2.34. The highest BCUT2D eigenvalue weighted by atomic mass is 19.4. The van der Waals surface area contributed by atoms with Crippen molar-refractivity contribution in [2.24, 2.45) is 5.41 Å². The molecule has 0 saturated carbocycles. The van der Waals surface area contributed by atoms with Crippen molar-refractivity contribution in [1.29, 1.82) is 0 Å². The van der Waals surface area contributed by atoms with Gasteiger partial charge in [0.25, 0.3) is 0 Å². The molecule has 0 spiro atoms. The highest BCUT2D eigenvalue weighted by molar-refractivity contribution is 5.35. The molecule has 0 heterocycles. The van der Waals surface area contributed by atoms with Crippen molar-refractivity contribution in [3.8, 4) is 5.75 Å². The maximum absolute atomic E-state index is 12.6. The summed E-state index contributed by atoms with van der Waals surface area (Å²) in [6.45, 7) is 5.97. The van der Waals surface area contributed by atoms with Crippen LogP contribution in [0.25, 0.3) is 0 Å². The summed E-state index contributed by atoms with van der Waals surface area (Å²) in [5.74, 6) is -0.107. The first kappa shape index (κ1) is 12.9. The summed E-state index contributed by atoms with van der Waals surface area (Å²) in [4.78, 5) is 0. The molecule has 0 aliphatic carbocycles. The molecular formula is C12H15F3O. The number of ether oxygens (including phenoxy) is 1. The molecule has 0 saturated heterocycles. The third kappa shape index (κ3) is 3.76. The van der Waals surface area contributed by atoms with Gasteiger partial charge < -0.3 is 4.74 Å². The molecule has 16 heavy (non-hydrogen) atoms. The Morgan fingerprint density at radius 3 is 2.12 bits per heavy atom. The van der Waals surface area contributed by atoms with Crippen LogP contribution < -0.4 is 4.74 Å². The molecule has 0 radical (unpaired) electrons. The molecule has 0 aliphatic heterocycles. The minimum atomic E-state index is -4.37. The van der Waals surface area contributed by atoms with Crippen LogP contribution in [0.1, 0.15) is 26.3 Å². The molecule has 1 rings (SSSR count). The van der Waals surface area contributed by atoms with Crippen molar-refractivity contribution in [3.63, 3.8) is 0 Å². The van der Waals surface area contributed by atoms with Gasteiger partial charge in [0.15, 0.2) is 0 Å². The molecule has 0 atom stereocenters. The van der Waals surface area contributed by atoms with Gasteiger partial charge in [-0.3, -0.25) is 0 Å². The van der Waals surface area contributed by atoms with E-state index in [1.165, 1.54) is 18.2 Å². The first-order valence-corrected chi connectivity index (χ1v) is 4.99. The fourth-order valence-corrected chi connectivity index (χ4v) is 1.12. The van der Waals surface area contributed by atoms with Gasteiger partial charge in [-0.2, -0.15) is 13.2 Å². The van der Waals surface area contributed by atoms with Gasteiger partial charge in [0, 0.05) is 0 Å². The average Bonchev–Trinajstić information content (AvgIpc) is 2.12.